The van der Waals surface area contributed by atoms with E-state index in [0.29, 0.717) is 23.6 Å². The van der Waals surface area contributed by atoms with Gasteiger partial charge in [0.1, 0.15) is 4.21 Å². The lowest BCUT2D eigenvalue weighted by molar-refractivity contribution is 0.565. The summed E-state index contributed by atoms with van der Waals surface area (Å²) in [5, 5.41) is 15.0. The fourth-order valence-electron chi connectivity index (χ4n) is 3.30. The van der Waals surface area contributed by atoms with Gasteiger partial charge in [0.15, 0.2) is 0 Å². The Morgan fingerprint density at radius 1 is 1.44 bits per heavy atom. The Morgan fingerprint density at radius 3 is 2.92 bits per heavy atom. The summed E-state index contributed by atoms with van der Waals surface area (Å²) < 4.78 is 29.7. The van der Waals surface area contributed by atoms with Crippen molar-refractivity contribution in [1.29, 1.82) is 5.26 Å². The highest BCUT2D eigenvalue weighted by Gasteiger charge is 2.29. The third kappa shape index (κ3) is 3.68. The molecular weight excluding hydrogens is 356 g/mol. The Bertz CT molecular complexity index is 921. The van der Waals surface area contributed by atoms with Crippen molar-refractivity contribution in [2.45, 2.75) is 49.4 Å². The standard InChI is InChI=1S/C17H20N4O2S2/c1-12-17(13(2)21(19-12)9-4-8-18)14-6-7-15(11-14)20-25(22,23)16-5-3-10-24-16/h3,5-7,10,14-15,20H,4,9,11H2,1-2H3/t14-,15-/m1/s1. The molecule has 2 atom stereocenters. The molecule has 2 aromatic rings. The van der Waals surface area contributed by atoms with E-state index in [1.165, 1.54) is 11.3 Å². The third-order valence-corrected chi connectivity index (χ3v) is 7.28. The minimum absolute atomic E-state index is 0.131. The van der Waals surface area contributed by atoms with Gasteiger partial charge in [-0.05, 0) is 31.7 Å². The molecule has 0 saturated carbocycles. The number of thiophene rings is 1. The summed E-state index contributed by atoms with van der Waals surface area (Å²) in [6.07, 6.45) is 5.07. The quantitative estimate of drug-likeness (QED) is 0.785. The van der Waals surface area contributed by atoms with Gasteiger partial charge in [-0.15, -0.1) is 11.3 Å². The maximum absolute atomic E-state index is 12.4. The van der Waals surface area contributed by atoms with Gasteiger partial charge >= 0.3 is 0 Å². The molecule has 0 bridgehead atoms. The van der Waals surface area contributed by atoms with Gasteiger partial charge in [-0.2, -0.15) is 10.4 Å². The Kier molecular flexibility index (Phi) is 5.08. The van der Waals surface area contributed by atoms with E-state index in [4.69, 9.17) is 5.26 Å². The molecule has 1 aliphatic rings. The molecule has 0 fully saturated rings. The number of hydrogen-bond donors (Lipinski definition) is 1. The Hall–Kier alpha value is -1.95. The lowest BCUT2D eigenvalue weighted by atomic mass is 9.96. The first-order valence-corrected chi connectivity index (χ1v) is 10.4. The second kappa shape index (κ2) is 7.12. The van der Waals surface area contributed by atoms with Crippen LogP contribution in [0.1, 0.15) is 35.7 Å². The normalized spacial score (nSPS) is 20.0. The van der Waals surface area contributed by atoms with Gasteiger partial charge < -0.3 is 0 Å². The van der Waals surface area contributed by atoms with Crippen LogP contribution in [0.4, 0.5) is 0 Å². The van der Waals surface area contributed by atoms with E-state index in [1.807, 2.05) is 30.7 Å². The van der Waals surface area contributed by atoms with Crippen LogP contribution in [0.2, 0.25) is 0 Å². The summed E-state index contributed by atoms with van der Waals surface area (Å²) in [5.41, 5.74) is 3.11. The van der Waals surface area contributed by atoms with Crippen LogP contribution in [-0.2, 0) is 16.6 Å². The van der Waals surface area contributed by atoms with Gasteiger partial charge in [0.05, 0.1) is 24.7 Å². The minimum Gasteiger partial charge on any atom is -0.268 e. The van der Waals surface area contributed by atoms with Crippen molar-refractivity contribution in [1.82, 2.24) is 14.5 Å². The first-order chi connectivity index (χ1) is 11.9. The number of aromatic nitrogens is 2. The molecule has 6 nitrogen and oxygen atoms in total. The number of sulfonamides is 1. The number of nitrogens with zero attached hydrogens (tertiary/aromatic N) is 3. The van der Waals surface area contributed by atoms with Crippen molar-refractivity contribution in [2.24, 2.45) is 0 Å². The molecule has 0 unspecified atom stereocenters. The van der Waals surface area contributed by atoms with Gasteiger partial charge in [-0.25, -0.2) is 13.1 Å². The summed E-state index contributed by atoms with van der Waals surface area (Å²) in [6, 6.07) is 5.25. The summed E-state index contributed by atoms with van der Waals surface area (Å²) in [7, 11) is -3.47. The van der Waals surface area contributed by atoms with Crippen LogP contribution in [0, 0.1) is 25.2 Å². The van der Waals surface area contributed by atoms with E-state index in [-0.39, 0.29) is 12.0 Å². The molecule has 0 amide bonds. The monoisotopic (exact) mass is 376 g/mol. The molecule has 0 spiro atoms. The highest BCUT2D eigenvalue weighted by atomic mass is 32.2. The molecule has 8 heteroatoms. The van der Waals surface area contributed by atoms with Crippen LogP contribution in [0.5, 0.6) is 0 Å². The predicted octanol–water partition coefficient (Wildman–Crippen LogP) is 2.87. The van der Waals surface area contributed by atoms with Crippen LogP contribution in [-0.4, -0.2) is 24.2 Å². The number of hydrogen-bond acceptors (Lipinski definition) is 5. The molecule has 3 rings (SSSR count). The predicted molar refractivity (Wildman–Crippen MR) is 96.9 cm³/mol. The SMILES string of the molecule is Cc1nn(CCC#N)c(C)c1[C@@H]1C=C[C@@H](NS(=O)(=O)c2cccs2)C1. The smallest absolute Gasteiger partial charge is 0.250 e. The summed E-state index contributed by atoms with van der Waals surface area (Å²) in [4.78, 5) is 0. The van der Waals surface area contributed by atoms with Gasteiger partial charge in [0.2, 0.25) is 0 Å². The molecule has 2 heterocycles. The van der Waals surface area contributed by atoms with E-state index in [2.05, 4.69) is 15.9 Å². The summed E-state index contributed by atoms with van der Waals surface area (Å²) in [6.45, 7) is 4.54. The van der Waals surface area contributed by atoms with E-state index in [0.717, 1.165) is 17.0 Å². The van der Waals surface area contributed by atoms with E-state index >= 15 is 0 Å². The Morgan fingerprint density at radius 2 is 2.24 bits per heavy atom. The zero-order chi connectivity index (χ0) is 18.0. The molecule has 0 radical (unpaired) electrons. The minimum atomic E-state index is -3.47. The number of aryl methyl sites for hydroxylation is 2. The lowest BCUT2D eigenvalue weighted by Crippen LogP contribution is -2.32. The van der Waals surface area contributed by atoms with Crippen LogP contribution in [0.15, 0.2) is 33.9 Å². The van der Waals surface area contributed by atoms with Crippen LogP contribution >= 0.6 is 11.3 Å². The molecule has 1 N–H and O–H groups in total. The number of nitrogens with one attached hydrogen (secondary N) is 1. The Balaban J connectivity index is 1.73. The van der Waals surface area contributed by atoms with E-state index in [1.54, 1.807) is 17.5 Å². The first kappa shape index (κ1) is 17.9. The topological polar surface area (TPSA) is 87.8 Å². The maximum atomic E-state index is 12.4. The van der Waals surface area contributed by atoms with Gasteiger partial charge in [0, 0.05) is 23.2 Å². The molecular formula is C17H20N4O2S2. The summed E-state index contributed by atoms with van der Waals surface area (Å²) in [5.74, 6) is 0.131. The van der Waals surface area contributed by atoms with Crippen molar-refractivity contribution < 1.29 is 8.42 Å². The zero-order valence-corrected chi connectivity index (χ0v) is 15.8. The largest absolute Gasteiger partial charge is 0.268 e. The zero-order valence-electron chi connectivity index (χ0n) is 14.1. The fraction of sp³-hybridized carbons (Fsp3) is 0.412. The van der Waals surface area contributed by atoms with E-state index < -0.39 is 10.0 Å². The molecule has 0 aromatic carbocycles. The van der Waals surface area contributed by atoms with Gasteiger partial charge in [-0.3, -0.25) is 4.68 Å². The molecule has 0 saturated heterocycles. The molecule has 1 aliphatic carbocycles. The van der Waals surface area contributed by atoms with Crippen molar-refractivity contribution in [3.63, 3.8) is 0 Å². The average Bonchev–Trinajstić information content (AvgIpc) is 3.27. The second-order valence-electron chi connectivity index (χ2n) is 6.10. The molecule has 132 valence electrons. The van der Waals surface area contributed by atoms with Crippen LogP contribution in [0.25, 0.3) is 0 Å². The average molecular weight is 377 g/mol. The number of rotatable bonds is 6. The third-order valence-electron chi connectivity index (χ3n) is 4.39. The maximum Gasteiger partial charge on any atom is 0.250 e. The van der Waals surface area contributed by atoms with Crippen LogP contribution in [0.3, 0.4) is 0 Å². The van der Waals surface area contributed by atoms with Crippen LogP contribution < -0.4 is 4.72 Å². The lowest BCUT2D eigenvalue weighted by Gasteiger charge is -2.14. The number of allylic oxidation sites excluding steroid dienone is 1. The highest BCUT2D eigenvalue weighted by molar-refractivity contribution is 7.91. The van der Waals surface area contributed by atoms with Crippen molar-refractivity contribution in [2.75, 3.05) is 0 Å². The molecule has 0 aliphatic heterocycles. The summed E-state index contributed by atoms with van der Waals surface area (Å²) >= 11 is 1.21. The van der Waals surface area contributed by atoms with Crippen molar-refractivity contribution >= 4 is 21.4 Å². The fourth-order valence-corrected chi connectivity index (χ4v) is 5.51. The van der Waals surface area contributed by atoms with Gasteiger partial charge in [-0.1, -0.05) is 18.2 Å². The van der Waals surface area contributed by atoms with Crippen molar-refractivity contribution in [3.05, 3.63) is 46.6 Å². The van der Waals surface area contributed by atoms with Gasteiger partial charge in [0.25, 0.3) is 10.0 Å². The molecule has 2 aromatic heterocycles. The number of nitriles is 1. The van der Waals surface area contributed by atoms with Crippen molar-refractivity contribution in [3.8, 4) is 6.07 Å². The molecule has 25 heavy (non-hydrogen) atoms. The second-order valence-corrected chi connectivity index (χ2v) is 8.99. The highest BCUT2D eigenvalue weighted by Crippen LogP contribution is 2.33. The Labute approximate surface area is 151 Å². The first-order valence-electron chi connectivity index (χ1n) is 8.07. The van der Waals surface area contributed by atoms with E-state index in [9.17, 15) is 8.42 Å².